The van der Waals surface area contributed by atoms with Gasteiger partial charge in [-0.05, 0) is 44.0 Å². The topological polar surface area (TPSA) is 70.2 Å². The second-order valence-electron chi connectivity index (χ2n) is 7.84. The Morgan fingerprint density at radius 3 is 2.20 bits per heavy atom. The van der Waals surface area contributed by atoms with Crippen LogP contribution in [0.5, 0.6) is 0 Å². The summed E-state index contributed by atoms with van der Waals surface area (Å²) in [6.07, 6.45) is 1.51. The maximum Gasteiger partial charge on any atom is 0.310 e. The number of anilines is 3. The number of hydrogen-bond donors (Lipinski definition) is 0. The van der Waals surface area contributed by atoms with Gasteiger partial charge in [0.15, 0.2) is 0 Å². The molecule has 2 aromatic carbocycles. The van der Waals surface area contributed by atoms with E-state index in [9.17, 15) is 18.8 Å². The van der Waals surface area contributed by atoms with Crippen LogP contribution in [0.3, 0.4) is 0 Å². The highest BCUT2D eigenvalue weighted by Gasteiger charge is 2.35. The molecule has 2 saturated heterocycles. The highest BCUT2D eigenvalue weighted by atomic mass is 19.1. The number of carbonyl (C=O) groups excluding carboxylic acids is 1. The zero-order chi connectivity index (χ0) is 21.3. The van der Waals surface area contributed by atoms with Gasteiger partial charge in [-0.25, -0.2) is 4.39 Å². The van der Waals surface area contributed by atoms with Crippen molar-refractivity contribution >= 4 is 23.0 Å². The molecule has 0 radical (unpaired) electrons. The normalized spacial score (nSPS) is 19.9. The van der Waals surface area contributed by atoms with Crippen LogP contribution >= 0.6 is 0 Å². The molecule has 30 heavy (non-hydrogen) atoms. The van der Waals surface area contributed by atoms with Gasteiger partial charge in [0.25, 0.3) is 10.9 Å². The summed E-state index contributed by atoms with van der Waals surface area (Å²) >= 11 is 0. The molecule has 160 valence electrons. The van der Waals surface area contributed by atoms with Crippen molar-refractivity contribution in [3.05, 3.63) is 50.5 Å². The van der Waals surface area contributed by atoms with Gasteiger partial charge in [-0.3, -0.25) is 14.4 Å². The van der Waals surface area contributed by atoms with Crippen LogP contribution in [0.15, 0.2) is 33.9 Å². The molecule has 2 aliphatic rings. The lowest BCUT2D eigenvalue weighted by molar-refractivity contribution is -0.148. The van der Waals surface area contributed by atoms with Crippen molar-refractivity contribution in [1.29, 1.82) is 0 Å². The van der Waals surface area contributed by atoms with Crippen LogP contribution in [0.1, 0.15) is 19.8 Å². The Morgan fingerprint density at radius 1 is 0.967 bits per heavy atom. The summed E-state index contributed by atoms with van der Waals surface area (Å²) in [5.41, 5.74) is 0.955. The van der Waals surface area contributed by atoms with Gasteiger partial charge in [0, 0.05) is 45.0 Å². The lowest BCUT2D eigenvalue weighted by Crippen LogP contribution is -2.54. The number of piperidine rings is 1. The summed E-state index contributed by atoms with van der Waals surface area (Å²) in [5, 5.41) is 0. The van der Waals surface area contributed by atoms with Gasteiger partial charge in [-0.2, -0.15) is 0 Å². The predicted octanol–water partition coefficient (Wildman–Crippen LogP) is 1.53. The standard InChI is InChI=1S/C22H26FN3O4/c1-2-30-22(29)15-4-3-9-26(14-15)19-18(20(27)21(19)28)25-12-10-24(11-13-25)17-7-5-16(23)6-8-17/h5-8,15H,2-4,9-14H2,1H3/t15-/m0/s1. The van der Waals surface area contributed by atoms with Crippen LogP contribution in [0.25, 0.3) is 0 Å². The van der Waals surface area contributed by atoms with Gasteiger partial charge in [0.05, 0.1) is 12.5 Å². The average Bonchev–Trinajstić information content (AvgIpc) is 2.77. The van der Waals surface area contributed by atoms with Crippen LogP contribution in [-0.2, 0) is 9.53 Å². The quantitative estimate of drug-likeness (QED) is 0.542. The van der Waals surface area contributed by atoms with E-state index in [1.165, 1.54) is 12.1 Å². The third-order valence-corrected chi connectivity index (χ3v) is 6.01. The van der Waals surface area contributed by atoms with Crippen molar-refractivity contribution in [1.82, 2.24) is 0 Å². The summed E-state index contributed by atoms with van der Waals surface area (Å²) in [5.74, 6) is -0.782. The third-order valence-electron chi connectivity index (χ3n) is 6.01. The number of halogens is 1. The van der Waals surface area contributed by atoms with Crippen molar-refractivity contribution in [3.8, 4) is 0 Å². The summed E-state index contributed by atoms with van der Waals surface area (Å²) in [6, 6.07) is 6.37. The monoisotopic (exact) mass is 415 g/mol. The van der Waals surface area contributed by atoms with Crippen LogP contribution in [0.4, 0.5) is 21.5 Å². The Bertz CT molecular complexity index is 975. The molecule has 8 heteroatoms. The van der Waals surface area contributed by atoms with E-state index in [2.05, 4.69) is 4.90 Å². The fraction of sp³-hybridized carbons (Fsp3) is 0.500. The van der Waals surface area contributed by atoms with Crippen LogP contribution in [0, 0.1) is 11.7 Å². The Hall–Kier alpha value is -2.90. The van der Waals surface area contributed by atoms with Crippen LogP contribution in [-0.4, -0.2) is 51.8 Å². The van der Waals surface area contributed by atoms with Gasteiger partial charge >= 0.3 is 5.97 Å². The number of benzene rings is 1. The molecule has 0 bridgehead atoms. The molecule has 0 spiro atoms. The van der Waals surface area contributed by atoms with E-state index in [1.54, 1.807) is 19.1 Å². The van der Waals surface area contributed by atoms with Crippen LogP contribution in [0.2, 0.25) is 0 Å². The first-order valence-electron chi connectivity index (χ1n) is 10.5. The first-order valence-corrected chi connectivity index (χ1v) is 10.5. The second-order valence-corrected chi connectivity index (χ2v) is 7.84. The highest BCUT2D eigenvalue weighted by molar-refractivity contribution is 5.79. The SMILES string of the molecule is CCOC(=O)[C@H]1CCCN(c2c(N3CCN(c4ccc(F)cc4)CC3)c(=O)c2=O)C1. The molecule has 0 aromatic heterocycles. The fourth-order valence-electron chi connectivity index (χ4n) is 4.43. The minimum Gasteiger partial charge on any atom is -0.466 e. The molecule has 0 unspecified atom stereocenters. The molecule has 4 rings (SSSR count). The van der Waals surface area contributed by atoms with Gasteiger partial charge in [0.2, 0.25) is 0 Å². The molecule has 2 fully saturated rings. The maximum absolute atomic E-state index is 13.2. The van der Waals surface area contributed by atoms with Gasteiger partial charge in [0.1, 0.15) is 17.2 Å². The molecule has 1 atom stereocenters. The second kappa shape index (κ2) is 8.45. The molecule has 2 aliphatic heterocycles. The first-order chi connectivity index (χ1) is 14.5. The maximum atomic E-state index is 13.2. The van der Waals surface area contributed by atoms with Crippen molar-refractivity contribution in [2.75, 3.05) is 60.6 Å². The van der Waals surface area contributed by atoms with Gasteiger partial charge < -0.3 is 19.4 Å². The van der Waals surface area contributed by atoms with Crippen molar-refractivity contribution in [2.45, 2.75) is 19.8 Å². The number of hydrogen-bond acceptors (Lipinski definition) is 7. The number of carbonyl (C=O) groups is 1. The molecule has 7 nitrogen and oxygen atoms in total. The van der Waals surface area contributed by atoms with E-state index in [-0.39, 0.29) is 17.7 Å². The van der Waals surface area contributed by atoms with E-state index < -0.39 is 10.9 Å². The zero-order valence-corrected chi connectivity index (χ0v) is 17.1. The van der Waals surface area contributed by atoms with Crippen molar-refractivity contribution in [2.24, 2.45) is 5.92 Å². The van der Waals surface area contributed by atoms with E-state index >= 15 is 0 Å². The number of rotatable bonds is 5. The van der Waals surface area contributed by atoms with Gasteiger partial charge in [-0.15, -0.1) is 0 Å². The molecule has 0 amide bonds. The lowest BCUT2D eigenvalue weighted by Gasteiger charge is -2.41. The minimum atomic E-state index is -0.463. The van der Waals surface area contributed by atoms with Gasteiger partial charge in [-0.1, -0.05) is 0 Å². The summed E-state index contributed by atoms with van der Waals surface area (Å²) in [7, 11) is 0. The first kappa shape index (κ1) is 20.4. The fourth-order valence-corrected chi connectivity index (χ4v) is 4.43. The minimum absolute atomic E-state index is 0.240. The molecule has 2 aromatic rings. The summed E-state index contributed by atoms with van der Waals surface area (Å²) in [4.78, 5) is 42.9. The molecule has 2 heterocycles. The predicted molar refractivity (Wildman–Crippen MR) is 114 cm³/mol. The smallest absolute Gasteiger partial charge is 0.310 e. The molecule has 0 N–H and O–H groups in total. The number of esters is 1. The van der Waals surface area contributed by atoms with Crippen LogP contribution < -0.4 is 25.6 Å². The largest absolute Gasteiger partial charge is 0.466 e. The van der Waals surface area contributed by atoms with E-state index in [1.807, 2.05) is 9.80 Å². The highest BCUT2D eigenvalue weighted by Crippen LogP contribution is 2.30. The summed E-state index contributed by atoms with van der Waals surface area (Å²) < 4.78 is 18.3. The number of nitrogens with zero attached hydrogens (tertiary/aromatic N) is 3. The molecular weight excluding hydrogens is 389 g/mol. The Morgan fingerprint density at radius 2 is 1.57 bits per heavy atom. The average molecular weight is 415 g/mol. The number of ether oxygens (including phenoxy) is 1. The molecule has 0 aliphatic carbocycles. The number of piperazine rings is 1. The summed E-state index contributed by atoms with van der Waals surface area (Å²) in [6.45, 7) is 5.73. The third kappa shape index (κ3) is 3.78. The van der Waals surface area contributed by atoms with E-state index in [4.69, 9.17) is 4.74 Å². The van der Waals surface area contributed by atoms with Crippen molar-refractivity contribution < 1.29 is 13.9 Å². The Balaban J connectivity index is 1.46. The van der Waals surface area contributed by atoms with E-state index in [0.29, 0.717) is 57.3 Å². The lowest BCUT2D eigenvalue weighted by atomic mass is 9.96. The van der Waals surface area contributed by atoms with E-state index in [0.717, 1.165) is 18.5 Å². The zero-order valence-electron chi connectivity index (χ0n) is 17.1. The Kier molecular flexibility index (Phi) is 5.74. The van der Waals surface area contributed by atoms with Crippen molar-refractivity contribution in [3.63, 3.8) is 0 Å². The molecular formula is C22H26FN3O4. The molecule has 0 saturated carbocycles. The Labute approximate surface area is 174 Å².